The van der Waals surface area contributed by atoms with Crippen LogP contribution in [0.5, 0.6) is 0 Å². The Morgan fingerprint density at radius 2 is 1.93 bits per heavy atom. The van der Waals surface area contributed by atoms with Crippen molar-refractivity contribution in [3.63, 3.8) is 0 Å². The monoisotopic (exact) mass is 199 g/mol. The van der Waals surface area contributed by atoms with Gasteiger partial charge in [0, 0.05) is 5.56 Å². The molecule has 0 aliphatic rings. The van der Waals surface area contributed by atoms with E-state index in [-0.39, 0.29) is 0 Å². The number of hydrogen-bond donors (Lipinski definition) is 2. The first kappa shape index (κ1) is 9.52. The van der Waals surface area contributed by atoms with Gasteiger partial charge in [-0.2, -0.15) is 0 Å². The number of anilines is 2. The van der Waals surface area contributed by atoms with E-state index in [0.717, 1.165) is 11.3 Å². The van der Waals surface area contributed by atoms with Gasteiger partial charge in [0.15, 0.2) is 0 Å². The first-order valence-corrected chi connectivity index (χ1v) is 4.75. The van der Waals surface area contributed by atoms with Crippen LogP contribution < -0.4 is 11.5 Å². The molecule has 0 fully saturated rings. The first-order valence-electron chi connectivity index (χ1n) is 4.75. The summed E-state index contributed by atoms with van der Waals surface area (Å²) in [6, 6.07) is 9.79. The smallest absolute Gasteiger partial charge is 0.0932 e. The van der Waals surface area contributed by atoms with E-state index in [1.807, 2.05) is 25.1 Å². The van der Waals surface area contributed by atoms with Crippen LogP contribution in [-0.2, 0) is 0 Å². The number of nitrogen functional groups attached to an aromatic ring is 2. The van der Waals surface area contributed by atoms with Crippen LogP contribution in [-0.4, -0.2) is 4.98 Å². The highest BCUT2D eigenvalue weighted by atomic mass is 14.8. The SMILES string of the molecule is Cc1cccc(-c2ncc(N)cc2N)c1. The average molecular weight is 199 g/mol. The van der Waals surface area contributed by atoms with E-state index in [0.29, 0.717) is 11.4 Å². The van der Waals surface area contributed by atoms with Crippen LogP contribution in [0.15, 0.2) is 36.5 Å². The highest BCUT2D eigenvalue weighted by Gasteiger charge is 2.04. The molecule has 4 N–H and O–H groups in total. The molecule has 0 saturated carbocycles. The minimum atomic E-state index is 0.587. The van der Waals surface area contributed by atoms with E-state index >= 15 is 0 Å². The van der Waals surface area contributed by atoms with Crippen molar-refractivity contribution >= 4 is 11.4 Å². The van der Waals surface area contributed by atoms with Gasteiger partial charge >= 0.3 is 0 Å². The molecule has 0 aliphatic heterocycles. The Morgan fingerprint density at radius 1 is 1.13 bits per heavy atom. The number of rotatable bonds is 1. The number of nitrogens with zero attached hydrogens (tertiary/aromatic N) is 1. The Kier molecular flexibility index (Phi) is 2.29. The molecule has 15 heavy (non-hydrogen) atoms. The van der Waals surface area contributed by atoms with Gasteiger partial charge in [-0.15, -0.1) is 0 Å². The molecule has 0 saturated heterocycles. The molecule has 0 spiro atoms. The predicted octanol–water partition coefficient (Wildman–Crippen LogP) is 2.22. The summed E-state index contributed by atoms with van der Waals surface area (Å²) in [4.78, 5) is 4.24. The van der Waals surface area contributed by atoms with Crippen LogP contribution in [0.3, 0.4) is 0 Å². The normalized spacial score (nSPS) is 10.2. The molecule has 0 atom stereocenters. The van der Waals surface area contributed by atoms with Crippen molar-refractivity contribution in [2.24, 2.45) is 0 Å². The van der Waals surface area contributed by atoms with Crippen molar-refractivity contribution in [1.82, 2.24) is 4.98 Å². The van der Waals surface area contributed by atoms with Gasteiger partial charge in [0.25, 0.3) is 0 Å². The minimum absolute atomic E-state index is 0.587. The molecule has 76 valence electrons. The summed E-state index contributed by atoms with van der Waals surface area (Å²) in [5.74, 6) is 0. The number of hydrogen-bond acceptors (Lipinski definition) is 3. The molecule has 3 nitrogen and oxygen atoms in total. The van der Waals surface area contributed by atoms with Crippen LogP contribution in [0, 0.1) is 6.92 Å². The van der Waals surface area contributed by atoms with Crippen LogP contribution in [0.2, 0.25) is 0 Å². The molecule has 0 amide bonds. The number of aromatic nitrogens is 1. The Labute approximate surface area is 88.8 Å². The Morgan fingerprint density at radius 3 is 2.60 bits per heavy atom. The van der Waals surface area contributed by atoms with Gasteiger partial charge in [-0.3, -0.25) is 4.98 Å². The largest absolute Gasteiger partial charge is 0.397 e. The third kappa shape index (κ3) is 1.91. The Hall–Kier alpha value is -2.03. The summed E-state index contributed by atoms with van der Waals surface area (Å²) >= 11 is 0. The van der Waals surface area contributed by atoms with Gasteiger partial charge < -0.3 is 11.5 Å². The van der Waals surface area contributed by atoms with Crippen LogP contribution in [0.4, 0.5) is 11.4 Å². The zero-order chi connectivity index (χ0) is 10.8. The van der Waals surface area contributed by atoms with E-state index in [1.54, 1.807) is 12.3 Å². The van der Waals surface area contributed by atoms with Gasteiger partial charge in [0.1, 0.15) is 0 Å². The van der Waals surface area contributed by atoms with E-state index in [1.165, 1.54) is 5.56 Å². The maximum absolute atomic E-state index is 5.86. The fraction of sp³-hybridized carbons (Fsp3) is 0.0833. The highest BCUT2D eigenvalue weighted by molar-refractivity contribution is 5.74. The van der Waals surface area contributed by atoms with E-state index in [4.69, 9.17) is 11.5 Å². The summed E-state index contributed by atoms with van der Waals surface area (Å²) in [6.45, 7) is 2.04. The molecule has 1 aromatic carbocycles. The van der Waals surface area contributed by atoms with Gasteiger partial charge in [0.2, 0.25) is 0 Å². The third-order valence-corrected chi connectivity index (χ3v) is 2.23. The first-order chi connectivity index (χ1) is 7.16. The second kappa shape index (κ2) is 3.61. The highest BCUT2D eigenvalue weighted by Crippen LogP contribution is 2.25. The van der Waals surface area contributed by atoms with E-state index < -0.39 is 0 Å². The van der Waals surface area contributed by atoms with E-state index in [9.17, 15) is 0 Å². The van der Waals surface area contributed by atoms with E-state index in [2.05, 4.69) is 11.1 Å². The molecule has 2 aromatic rings. The second-order valence-electron chi connectivity index (χ2n) is 3.58. The number of aryl methyl sites for hydroxylation is 1. The summed E-state index contributed by atoms with van der Waals surface area (Å²) < 4.78 is 0. The van der Waals surface area contributed by atoms with Crippen LogP contribution in [0.25, 0.3) is 11.3 Å². The van der Waals surface area contributed by atoms with Gasteiger partial charge in [-0.05, 0) is 19.1 Å². The predicted molar refractivity (Wildman–Crippen MR) is 63.2 cm³/mol. The standard InChI is InChI=1S/C12H13N3/c1-8-3-2-4-9(5-8)12-11(14)6-10(13)7-15-12/h2-7H,13-14H2,1H3. The zero-order valence-electron chi connectivity index (χ0n) is 8.57. The Balaban J connectivity index is 2.54. The molecule has 1 heterocycles. The molecule has 0 unspecified atom stereocenters. The molecule has 2 rings (SSSR count). The fourth-order valence-corrected chi connectivity index (χ4v) is 1.53. The van der Waals surface area contributed by atoms with Gasteiger partial charge in [-0.25, -0.2) is 0 Å². The molecule has 0 aliphatic carbocycles. The summed E-state index contributed by atoms with van der Waals surface area (Å²) in [5, 5.41) is 0. The lowest BCUT2D eigenvalue weighted by molar-refractivity contribution is 1.32. The number of nitrogens with two attached hydrogens (primary N) is 2. The maximum Gasteiger partial charge on any atom is 0.0932 e. The molecule has 3 heteroatoms. The molecule has 0 bridgehead atoms. The lowest BCUT2D eigenvalue weighted by Crippen LogP contribution is -1.96. The van der Waals surface area contributed by atoms with Crippen molar-refractivity contribution in [3.8, 4) is 11.3 Å². The number of pyridine rings is 1. The van der Waals surface area contributed by atoms with Gasteiger partial charge in [0.05, 0.1) is 23.3 Å². The topological polar surface area (TPSA) is 64.9 Å². The van der Waals surface area contributed by atoms with Crippen molar-refractivity contribution < 1.29 is 0 Å². The van der Waals surface area contributed by atoms with Gasteiger partial charge in [-0.1, -0.05) is 23.8 Å². The molecular weight excluding hydrogens is 186 g/mol. The molecule has 0 radical (unpaired) electrons. The van der Waals surface area contributed by atoms with Crippen molar-refractivity contribution in [3.05, 3.63) is 42.1 Å². The van der Waals surface area contributed by atoms with Crippen molar-refractivity contribution in [1.29, 1.82) is 0 Å². The number of benzene rings is 1. The van der Waals surface area contributed by atoms with Crippen LogP contribution in [0.1, 0.15) is 5.56 Å². The minimum Gasteiger partial charge on any atom is -0.397 e. The third-order valence-electron chi connectivity index (χ3n) is 2.23. The lowest BCUT2D eigenvalue weighted by Gasteiger charge is -2.06. The quantitative estimate of drug-likeness (QED) is 0.740. The summed E-state index contributed by atoms with van der Waals surface area (Å²) in [7, 11) is 0. The van der Waals surface area contributed by atoms with Crippen LogP contribution >= 0.6 is 0 Å². The zero-order valence-corrected chi connectivity index (χ0v) is 8.57. The summed E-state index contributed by atoms with van der Waals surface area (Å²) in [5.41, 5.74) is 15.6. The van der Waals surface area contributed by atoms with Crippen molar-refractivity contribution in [2.75, 3.05) is 11.5 Å². The maximum atomic E-state index is 5.86. The molecule has 1 aromatic heterocycles. The molecular formula is C12H13N3. The Bertz CT molecular complexity index is 492. The van der Waals surface area contributed by atoms with Crippen molar-refractivity contribution in [2.45, 2.75) is 6.92 Å². The fourth-order valence-electron chi connectivity index (χ4n) is 1.53. The lowest BCUT2D eigenvalue weighted by atomic mass is 10.1. The summed E-state index contributed by atoms with van der Waals surface area (Å²) in [6.07, 6.45) is 1.62. The average Bonchev–Trinajstić information content (AvgIpc) is 2.17. The second-order valence-corrected chi connectivity index (χ2v) is 3.58.